The van der Waals surface area contributed by atoms with Crippen LogP contribution in [0.5, 0.6) is 0 Å². The second-order valence-electron chi connectivity index (χ2n) is 12.3. The van der Waals surface area contributed by atoms with Crippen LogP contribution in [0.25, 0.3) is 0 Å². The highest BCUT2D eigenvalue weighted by atomic mass is 19.3. The van der Waals surface area contributed by atoms with E-state index in [9.17, 15) is 22.8 Å². The van der Waals surface area contributed by atoms with Crippen LogP contribution in [0.1, 0.15) is 102 Å². The van der Waals surface area contributed by atoms with Gasteiger partial charge in [-0.1, -0.05) is 65.0 Å². The molecule has 260 valence electrons. The molecule has 3 heterocycles. The Morgan fingerprint density at radius 3 is 2.45 bits per heavy atom. The maximum atomic E-state index is 15.6. The average molecular weight is 665 g/mol. The monoisotopic (exact) mass is 664 g/mol. The number of halogens is 5. The predicted molar refractivity (Wildman–Crippen MR) is 176 cm³/mol. The summed E-state index contributed by atoms with van der Waals surface area (Å²) in [4.78, 5) is 32.4. The molecule has 6 bridgehead atoms. The van der Waals surface area contributed by atoms with Gasteiger partial charge in [0.05, 0.1) is 18.1 Å². The zero-order valence-electron chi connectivity index (χ0n) is 27.9. The molecular weight excluding hydrogens is 615 g/mol. The van der Waals surface area contributed by atoms with Crippen LogP contribution < -0.4 is 11.1 Å². The molecule has 0 radical (unpaired) electrons. The fourth-order valence-corrected chi connectivity index (χ4v) is 6.71. The SMILES string of the molecule is C=C1/C=C\C2=C(C(C)CC)C(CC2(F)F)N2C(=O)CC(CCCCc3ccc4c(c3)C(CCC4)NC1=O)N=C2N.CC.FCC(F)F. The van der Waals surface area contributed by atoms with Crippen molar-refractivity contribution in [2.75, 3.05) is 6.67 Å². The van der Waals surface area contributed by atoms with E-state index in [0.29, 0.717) is 12.0 Å². The van der Waals surface area contributed by atoms with Crippen molar-refractivity contribution in [2.24, 2.45) is 16.6 Å². The van der Waals surface area contributed by atoms with E-state index in [1.165, 1.54) is 28.2 Å². The molecule has 6 nitrogen and oxygen atoms in total. The van der Waals surface area contributed by atoms with Crippen LogP contribution in [0, 0.1) is 5.92 Å². The van der Waals surface area contributed by atoms with Gasteiger partial charge in [-0.15, -0.1) is 0 Å². The first-order valence-corrected chi connectivity index (χ1v) is 16.8. The van der Waals surface area contributed by atoms with E-state index in [2.05, 4.69) is 35.1 Å². The third kappa shape index (κ3) is 9.32. The molecule has 1 aromatic rings. The van der Waals surface area contributed by atoms with Gasteiger partial charge in [-0.25, -0.2) is 26.9 Å². The zero-order valence-corrected chi connectivity index (χ0v) is 27.9. The van der Waals surface area contributed by atoms with Crippen molar-refractivity contribution >= 4 is 17.8 Å². The smallest absolute Gasteiger partial charge is 0.275 e. The predicted octanol–water partition coefficient (Wildman–Crippen LogP) is 7.93. The number of fused-ring (bicyclic) bond motifs is 7. The van der Waals surface area contributed by atoms with E-state index in [-0.39, 0.29) is 53.3 Å². The minimum Gasteiger partial charge on any atom is -0.369 e. The quantitative estimate of drug-likeness (QED) is 0.254. The fourth-order valence-electron chi connectivity index (χ4n) is 6.71. The number of nitrogens with two attached hydrogens (primary N) is 1. The summed E-state index contributed by atoms with van der Waals surface area (Å²) in [6.07, 6.45) is 6.32. The number of alkyl halides is 5. The lowest BCUT2D eigenvalue weighted by atomic mass is 9.85. The molecular formula is C36H49F5N4O2. The summed E-state index contributed by atoms with van der Waals surface area (Å²) in [6.45, 7) is 10.2. The van der Waals surface area contributed by atoms with Gasteiger partial charge in [-0.3, -0.25) is 14.5 Å². The number of rotatable bonds is 3. The standard InChI is InChI=1S/C32H40F2N4O2.C2H3F3.C2H6/c1-4-19(2)29-25-15-12-20(3)30(40)37-26-11-7-9-22-14-13-21(16-24(22)26)8-5-6-10-23-17-28(39)38(31(35)36-23)27(29)18-32(25,33)34;3-1-2(4)5;1-2/h12-16,19,23,26-27H,3-11,17-18H2,1-2H3,(H2,35,36)(H,37,40);2H,1H2;1-2H3/b15-12-;;. The minimum atomic E-state index is -3.19. The van der Waals surface area contributed by atoms with Crippen LogP contribution in [0.2, 0.25) is 0 Å². The summed E-state index contributed by atoms with van der Waals surface area (Å²) in [5.41, 5.74) is 10.3. The van der Waals surface area contributed by atoms with E-state index < -0.39 is 31.5 Å². The van der Waals surface area contributed by atoms with Crippen LogP contribution in [0.4, 0.5) is 22.0 Å². The number of guanidine groups is 1. The summed E-state index contributed by atoms with van der Waals surface area (Å²) in [5.74, 6) is -4.02. The van der Waals surface area contributed by atoms with Crippen molar-refractivity contribution in [3.8, 4) is 0 Å². The van der Waals surface area contributed by atoms with Crippen molar-refractivity contribution in [2.45, 2.75) is 122 Å². The van der Waals surface area contributed by atoms with Crippen LogP contribution in [-0.2, 0) is 22.4 Å². The van der Waals surface area contributed by atoms with Gasteiger partial charge in [0.1, 0.15) is 0 Å². The molecule has 4 unspecified atom stereocenters. The Kier molecular flexibility index (Phi) is 13.8. The Morgan fingerprint density at radius 1 is 1.11 bits per heavy atom. The Hall–Kier alpha value is -3.50. The number of nitrogens with zero attached hydrogens (tertiary/aromatic N) is 2. The maximum absolute atomic E-state index is 15.6. The van der Waals surface area contributed by atoms with E-state index in [4.69, 9.17) is 5.73 Å². The van der Waals surface area contributed by atoms with Gasteiger partial charge in [0.25, 0.3) is 18.3 Å². The lowest BCUT2D eigenvalue weighted by Gasteiger charge is -2.36. The lowest BCUT2D eigenvalue weighted by molar-refractivity contribution is -0.130. The van der Waals surface area contributed by atoms with Crippen LogP contribution in [0.15, 0.2) is 58.6 Å². The Morgan fingerprint density at radius 2 is 1.81 bits per heavy atom. The highest BCUT2D eigenvalue weighted by Gasteiger charge is 2.51. The molecule has 0 fully saturated rings. The number of hydrogen-bond acceptors (Lipinski definition) is 4. The van der Waals surface area contributed by atoms with E-state index in [1.54, 1.807) is 0 Å². The molecule has 4 atom stereocenters. The third-order valence-corrected chi connectivity index (χ3v) is 9.15. The molecule has 2 aliphatic carbocycles. The van der Waals surface area contributed by atoms with Gasteiger partial charge in [-0.05, 0) is 79.2 Å². The molecule has 2 amide bonds. The molecule has 0 aromatic heterocycles. The van der Waals surface area contributed by atoms with Crippen LogP contribution in [-0.4, -0.2) is 53.8 Å². The number of nitrogens with one attached hydrogen (secondary N) is 1. The van der Waals surface area contributed by atoms with Crippen molar-refractivity contribution in [3.63, 3.8) is 0 Å². The summed E-state index contributed by atoms with van der Waals surface area (Å²) < 4.78 is 62.3. The van der Waals surface area contributed by atoms with Crippen molar-refractivity contribution in [1.82, 2.24) is 10.2 Å². The Bertz CT molecular complexity index is 1370. The summed E-state index contributed by atoms with van der Waals surface area (Å²) >= 11 is 0. The number of carbonyl (C=O) groups is 2. The number of carbonyl (C=O) groups excluding carboxylic acids is 2. The number of allylic oxidation sites excluding steroid dienone is 2. The van der Waals surface area contributed by atoms with Gasteiger partial charge >= 0.3 is 0 Å². The molecule has 3 N–H and O–H groups in total. The highest BCUT2D eigenvalue weighted by Crippen LogP contribution is 2.47. The summed E-state index contributed by atoms with van der Waals surface area (Å²) in [6, 6.07) is 5.26. The van der Waals surface area contributed by atoms with Crippen molar-refractivity contribution in [1.29, 1.82) is 0 Å². The first-order chi connectivity index (χ1) is 22.4. The van der Waals surface area contributed by atoms with Crippen LogP contribution >= 0.6 is 0 Å². The van der Waals surface area contributed by atoms with Gasteiger partial charge < -0.3 is 11.1 Å². The third-order valence-electron chi connectivity index (χ3n) is 9.15. The lowest BCUT2D eigenvalue weighted by Crippen LogP contribution is -2.53. The Balaban J connectivity index is 0.000000784. The number of aliphatic imine (C=N–C) groups is 1. The van der Waals surface area contributed by atoms with Gasteiger partial charge in [0, 0.05) is 24.0 Å². The van der Waals surface area contributed by atoms with Crippen molar-refractivity contribution in [3.05, 3.63) is 70.3 Å². The topological polar surface area (TPSA) is 87.8 Å². The first kappa shape index (κ1) is 38.0. The summed E-state index contributed by atoms with van der Waals surface area (Å²) in [7, 11) is 0. The normalized spacial score (nSPS) is 25.6. The molecule has 5 aliphatic rings. The van der Waals surface area contributed by atoms with E-state index in [0.717, 1.165) is 50.5 Å². The molecule has 11 heteroatoms. The number of amides is 2. The van der Waals surface area contributed by atoms with Crippen LogP contribution in [0.3, 0.4) is 0 Å². The zero-order chi connectivity index (χ0) is 34.9. The highest BCUT2D eigenvalue weighted by molar-refractivity contribution is 5.99. The van der Waals surface area contributed by atoms with Gasteiger partial charge in [0.2, 0.25) is 5.91 Å². The maximum Gasteiger partial charge on any atom is 0.275 e. The average Bonchev–Trinajstić information content (AvgIpc) is 3.31. The van der Waals surface area contributed by atoms with Crippen molar-refractivity contribution < 1.29 is 31.5 Å². The molecule has 0 saturated carbocycles. The first-order valence-electron chi connectivity index (χ1n) is 16.8. The summed E-state index contributed by atoms with van der Waals surface area (Å²) in [5, 5.41) is 3.10. The van der Waals surface area contributed by atoms with E-state index in [1.807, 2.05) is 27.7 Å². The number of benzene rings is 1. The number of aryl methyl sites for hydroxylation is 2. The molecule has 1 aromatic carbocycles. The minimum absolute atomic E-state index is 0.0204. The molecule has 47 heavy (non-hydrogen) atoms. The molecule has 3 aliphatic heterocycles. The molecule has 0 saturated heterocycles. The Labute approximate surface area is 275 Å². The van der Waals surface area contributed by atoms with Gasteiger partial charge in [0.15, 0.2) is 12.6 Å². The fraction of sp³-hybridized carbons (Fsp3) is 0.583. The second kappa shape index (κ2) is 17.1. The number of hydrogen-bond donors (Lipinski definition) is 2. The molecule has 6 rings (SSSR count). The largest absolute Gasteiger partial charge is 0.369 e. The second-order valence-corrected chi connectivity index (χ2v) is 12.3. The van der Waals surface area contributed by atoms with E-state index >= 15 is 8.78 Å². The molecule has 0 spiro atoms. The van der Waals surface area contributed by atoms with Gasteiger partial charge in [-0.2, -0.15) is 0 Å².